The quantitative estimate of drug-likeness (QED) is 0.591. The third kappa shape index (κ3) is 5.11. The van der Waals surface area contributed by atoms with Gasteiger partial charge in [0.05, 0.1) is 12.5 Å². The summed E-state index contributed by atoms with van der Waals surface area (Å²) in [6.07, 6.45) is 5.50. The molecule has 0 aromatic heterocycles. The minimum atomic E-state index is -0.277. The van der Waals surface area contributed by atoms with Crippen LogP contribution in [-0.2, 0) is 11.3 Å². The average Bonchev–Trinajstić information content (AvgIpc) is 3.30. The Morgan fingerprint density at radius 3 is 2.45 bits per heavy atom. The number of nitrogens with zero attached hydrogens (tertiary/aromatic N) is 1. The van der Waals surface area contributed by atoms with Gasteiger partial charge in [-0.25, -0.2) is 0 Å². The van der Waals surface area contributed by atoms with E-state index in [1.165, 1.54) is 24.0 Å². The highest BCUT2D eigenvalue weighted by molar-refractivity contribution is 5.83. The molecule has 2 unspecified atom stereocenters. The molecule has 33 heavy (non-hydrogen) atoms. The maximum Gasteiger partial charge on any atom is 0.226 e. The average molecular weight is 449 g/mol. The van der Waals surface area contributed by atoms with Crippen molar-refractivity contribution in [2.24, 2.45) is 11.3 Å². The number of para-hydroxylation sites is 1. The summed E-state index contributed by atoms with van der Waals surface area (Å²) >= 11 is 0. The van der Waals surface area contributed by atoms with E-state index in [0.717, 1.165) is 43.7 Å². The van der Waals surface area contributed by atoms with Crippen molar-refractivity contribution in [3.8, 4) is 5.75 Å². The lowest BCUT2D eigenvalue weighted by molar-refractivity contribution is -0.133. The molecule has 2 fully saturated rings. The van der Waals surface area contributed by atoms with Crippen molar-refractivity contribution in [1.29, 1.82) is 0 Å². The fourth-order valence-electron chi connectivity index (χ4n) is 5.99. The first-order chi connectivity index (χ1) is 15.9. The SMILES string of the molecule is COc1ccccc1CNC(=O)C1(C(C)C)CCC(N2CCC(c3ccc(C)cc3)CC2)C1. The van der Waals surface area contributed by atoms with Crippen molar-refractivity contribution in [3.63, 3.8) is 0 Å². The zero-order chi connectivity index (χ0) is 23.4. The van der Waals surface area contributed by atoms with Crippen molar-refractivity contribution in [1.82, 2.24) is 10.2 Å². The molecule has 1 aliphatic heterocycles. The molecular weight excluding hydrogens is 408 g/mol. The molecule has 1 amide bonds. The van der Waals surface area contributed by atoms with Crippen LogP contribution in [0.4, 0.5) is 0 Å². The molecule has 4 heteroatoms. The van der Waals surface area contributed by atoms with Gasteiger partial charge in [-0.2, -0.15) is 0 Å². The summed E-state index contributed by atoms with van der Waals surface area (Å²) in [7, 11) is 1.68. The van der Waals surface area contributed by atoms with Gasteiger partial charge in [0.25, 0.3) is 0 Å². The van der Waals surface area contributed by atoms with E-state index >= 15 is 0 Å². The summed E-state index contributed by atoms with van der Waals surface area (Å²) in [6.45, 7) is 9.38. The van der Waals surface area contributed by atoms with Crippen LogP contribution in [0.25, 0.3) is 0 Å². The van der Waals surface area contributed by atoms with Crippen LogP contribution >= 0.6 is 0 Å². The molecule has 0 spiro atoms. The second-order valence-electron chi connectivity index (χ2n) is 10.4. The lowest BCUT2D eigenvalue weighted by atomic mass is 9.74. The van der Waals surface area contributed by atoms with Gasteiger partial charge in [0.1, 0.15) is 5.75 Å². The Labute approximate surface area is 199 Å². The number of methoxy groups -OCH3 is 1. The van der Waals surface area contributed by atoms with Gasteiger partial charge in [0.2, 0.25) is 5.91 Å². The number of carbonyl (C=O) groups excluding carboxylic acids is 1. The topological polar surface area (TPSA) is 41.6 Å². The molecule has 4 rings (SSSR count). The van der Waals surface area contributed by atoms with E-state index in [-0.39, 0.29) is 11.3 Å². The van der Waals surface area contributed by atoms with Crippen molar-refractivity contribution >= 4 is 5.91 Å². The maximum absolute atomic E-state index is 13.5. The zero-order valence-electron chi connectivity index (χ0n) is 20.8. The number of hydrogen-bond acceptors (Lipinski definition) is 3. The Hall–Kier alpha value is -2.33. The van der Waals surface area contributed by atoms with Crippen molar-refractivity contribution < 1.29 is 9.53 Å². The summed E-state index contributed by atoms with van der Waals surface area (Å²) in [5.41, 5.74) is 3.57. The van der Waals surface area contributed by atoms with Gasteiger partial charge in [-0.3, -0.25) is 4.79 Å². The third-order valence-electron chi connectivity index (χ3n) is 8.31. The summed E-state index contributed by atoms with van der Waals surface area (Å²) in [4.78, 5) is 16.2. The Kier molecular flexibility index (Phi) is 7.43. The number of piperidine rings is 1. The van der Waals surface area contributed by atoms with Gasteiger partial charge in [0, 0.05) is 18.2 Å². The number of rotatable bonds is 7. The highest BCUT2D eigenvalue weighted by atomic mass is 16.5. The first-order valence-corrected chi connectivity index (χ1v) is 12.6. The number of amides is 1. The number of likely N-dealkylation sites (tertiary alicyclic amines) is 1. The number of benzene rings is 2. The van der Waals surface area contributed by atoms with Crippen LogP contribution in [0, 0.1) is 18.3 Å². The molecule has 0 radical (unpaired) electrons. The van der Waals surface area contributed by atoms with Crippen LogP contribution in [0.1, 0.15) is 68.6 Å². The molecule has 4 nitrogen and oxygen atoms in total. The molecule has 2 aliphatic rings. The van der Waals surface area contributed by atoms with Crippen LogP contribution in [0.15, 0.2) is 48.5 Å². The Morgan fingerprint density at radius 1 is 1.09 bits per heavy atom. The van der Waals surface area contributed by atoms with Gasteiger partial charge in [-0.15, -0.1) is 0 Å². The summed E-state index contributed by atoms with van der Waals surface area (Å²) in [6, 6.07) is 17.5. The zero-order valence-corrected chi connectivity index (χ0v) is 20.8. The van der Waals surface area contributed by atoms with Crippen LogP contribution in [-0.4, -0.2) is 37.0 Å². The molecule has 2 atom stereocenters. The smallest absolute Gasteiger partial charge is 0.226 e. The summed E-state index contributed by atoms with van der Waals surface area (Å²) < 4.78 is 5.46. The van der Waals surface area contributed by atoms with Gasteiger partial charge in [-0.05, 0) is 75.6 Å². The van der Waals surface area contributed by atoms with Crippen molar-refractivity contribution in [2.45, 2.75) is 71.4 Å². The van der Waals surface area contributed by atoms with E-state index < -0.39 is 0 Å². The number of hydrogen-bond donors (Lipinski definition) is 1. The molecule has 1 heterocycles. The number of aryl methyl sites for hydroxylation is 1. The van der Waals surface area contributed by atoms with Crippen LogP contribution in [0.5, 0.6) is 5.75 Å². The fraction of sp³-hybridized carbons (Fsp3) is 0.552. The highest BCUT2D eigenvalue weighted by Gasteiger charge is 2.49. The van der Waals surface area contributed by atoms with Crippen LogP contribution in [0.2, 0.25) is 0 Å². The predicted octanol–water partition coefficient (Wildman–Crippen LogP) is 5.69. The molecule has 0 bridgehead atoms. The fourth-order valence-corrected chi connectivity index (χ4v) is 5.99. The monoisotopic (exact) mass is 448 g/mol. The van der Waals surface area contributed by atoms with Gasteiger partial charge in [-0.1, -0.05) is 61.9 Å². The van der Waals surface area contributed by atoms with E-state index in [1.54, 1.807) is 7.11 Å². The third-order valence-corrected chi connectivity index (χ3v) is 8.31. The normalized spacial score (nSPS) is 24.2. The molecule has 2 aromatic carbocycles. The Bertz CT molecular complexity index is 931. The van der Waals surface area contributed by atoms with Gasteiger partial charge >= 0.3 is 0 Å². The second-order valence-corrected chi connectivity index (χ2v) is 10.4. The first kappa shape index (κ1) is 23.8. The van der Waals surface area contributed by atoms with Gasteiger partial charge < -0.3 is 15.0 Å². The van der Waals surface area contributed by atoms with Crippen LogP contribution < -0.4 is 10.1 Å². The molecule has 1 N–H and O–H groups in total. The summed E-state index contributed by atoms with van der Waals surface area (Å²) in [5.74, 6) is 2.03. The first-order valence-electron chi connectivity index (χ1n) is 12.6. The minimum absolute atomic E-state index is 0.209. The minimum Gasteiger partial charge on any atom is -0.496 e. The van der Waals surface area contributed by atoms with Crippen LogP contribution in [0.3, 0.4) is 0 Å². The molecule has 1 aliphatic carbocycles. The second kappa shape index (κ2) is 10.3. The van der Waals surface area contributed by atoms with E-state index in [9.17, 15) is 4.79 Å². The lowest BCUT2D eigenvalue weighted by Crippen LogP contribution is -2.45. The molecule has 178 valence electrons. The molecule has 1 saturated carbocycles. The van der Waals surface area contributed by atoms with E-state index in [4.69, 9.17) is 4.74 Å². The Morgan fingerprint density at radius 2 is 1.79 bits per heavy atom. The van der Waals surface area contributed by atoms with E-state index in [0.29, 0.717) is 24.4 Å². The number of nitrogens with one attached hydrogen (secondary N) is 1. The van der Waals surface area contributed by atoms with E-state index in [1.807, 2.05) is 24.3 Å². The van der Waals surface area contributed by atoms with Crippen molar-refractivity contribution in [3.05, 3.63) is 65.2 Å². The summed E-state index contributed by atoms with van der Waals surface area (Å²) in [5, 5.41) is 3.26. The van der Waals surface area contributed by atoms with Crippen molar-refractivity contribution in [2.75, 3.05) is 20.2 Å². The molecule has 2 aromatic rings. The largest absolute Gasteiger partial charge is 0.496 e. The predicted molar refractivity (Wildman–Crippen MR) is 134 cm³/mol. The van der Waals surface area contributed by atoms with Gasteiger partial charge in [0.15, 0.2) is 0 Å². The number of ether oxygens (including phenoxy) is 1. The van der Waals surface area contributed by atoms with E-state index in [2.05, 4.69) is 55.3 Å². The lowest BCUT2D eigenvalue weighted by Gasteiger charge is -2.38. The molecular formula is C29H40N2O2. The molecule has 1 saturated heterocycles. The maximum atomic E-state index is 13.5. The highest BCUT2D eigenvalue weighted by Crippen LogP contribution is 2.47. The number of carbonyl (C=O) groups is 1. The standard InChI is InChI=1S/C29H40N2O2/c1-21(2)29(28(32)30-20-25-7-5-6-8-27(25)33-4)16-13-26(19-29)31-17-14-24(15-18-31)23-11-9-22(3)10-12-23/h5-12,21,24,26H,13-20H2,1-4H3,(H,30,32). The Balaban J connectivity index is 1.36.